The molecule has 3 rings (SSSR count). The summed E-state index contributed by atoms with van der Waals surface area (Å²) in [7, 11) is 0. The van der Waals surface area contributed by atoms with Gasteiger partial charge in [-0.15, -0.1) is 0 Å². The summed E-state index contributed by atoms with van der Waals surface area (Å²) in [6.45, 7) is 0. The SMILES string of the molecule is Clc1cc(Cl)c2cc(-c3cccc(Br)c3)[nH]c2c1. The second kappa shape index (κ2) is 4.61. The van der Waals surface area contributed by atoms with Crippen molar-refractivity contribution in [3.8, 4) is 11.3 Å². The maximum atomic E-state index is 6.18. The number of fused-ring (bicyclic) bond motifs is 1. The molecule has 2 aromatic carbocycles. The number of aromatic nitrogens is 1. The van der Waals surface area contributed by atoms with Gasteiger partial charge in [-0.25, -0.2) is 0 Å². The number of aromatic amines is 1. The molecular formula is C14H8BrCl2N. The highest BCUT2D eigenvalue weighted by Crippen LogP contribution is 2.32. The van der Waals surface area contributed by atoms with Gasteiger partial charge in [-0.3, -0.25) is 0 Å². The van der Waals surface area contributed by atoms with Crippen LogP contribution in [0.5, 0.6) is 0 Å². The maximum absolute atomic E-state index is 6.18. The Bertz CT molecular complexity index is 734. The summed E-state index contributed by atoms with van der Waals surface area (Å²) < 4.78 is 1.04. The predicted octanol–water partition coefficient (Wildman–Crippen LogP) is 5.90. The highest BCUT2D eigenvalue weighted by molar-refractivity contribution is 9.10. The molecule has 90 valence electrons. The summed E-state index contributed by atoms with van der Waals surface area (Å²) in [5.41, 5.74) is 3.07. The minimum atomic E-state index is 0.634. The standard InChI is InChI=1S/C14H8BrCl2N/c15-9-3-1-2-8(4-9)13-7-11-12(17)5-10(16)6-14(11)18-13/h1-7,18H. The summed E-state index contributed by atoms with van der Waals surface area (Å²) >= 11 is 15.6. The van der Waals surface area contributed by atoms with Gasteiger partial charge in [0, 0.05) is 26.1 Å². The van der Waals surface area contributed by atoms with Crippen LogP contribution in [0.1, 0.15) is 0 Å². The lowest BCUT2D eigenvalue weighted by Crippen LogP contribution is -1.76. The van der Waals surface area contributed by atoms with Crippen molar-refractivity contribution < 1.29 is 0 Å². The monoisotopic (exact) mass is 339 g/mol. The van der Waals surface area contributed by atoms with E-state index in [-0.39, 0.29) is 0 Å². The molecule has 1 aromatic heterocycles. The maximum Gasteiger partial charge on any atom is 0.0514 e. The smallest absolute Gasteiger partial charge is 0.0514 e. The molecule has 0 saturated heterocycles. The fourth-order valence-electron chi connectivity index (χ4n) is 1.97. The molecule has 0 radical (unpaired) electrons. The summed E-state index contributed by atoms with van der Waals surface area (Å²) in [4.78, 5) is 3.33. The molecule has 0 aliphatic rings. The van der Waals surface area contributed by atoms with Crippen molar-refractivity contribution in [3.05, 3.63) is 57.0 Å². The molecule has 0 spiro atoms. The van der Waals surface area contributed by atoms with Crippen molar-refractivity contribution in [1.82, 2.24) is 4.98 Å². The summed E-state index contributed by atoms with van der Waals surface area (Å²) in [5.74, 6) is 0. The van der Waals surface area contributed by atoms with Gasteiger partial charge in [-0.1, -0.05) is 51.3 Å². The number of benzene rings is 2. The minimum Gasteiger partial charge on any atom is -0.354 e. The molecule has 3 aromatic rings. The molecule has 1 heterocycles. The zero-order valence-electron chi connectivity index (χ0n) is 9.18. The highest BCUT2D eigenvalue weighted by atomic mass is 79.9. The zero-order chi connectivity index (χ0) is 12.7. The van der Waals surface area contributed by atoms with Crippen LogP contribution >= 0.6 is 39.1 Å². The van der Waals surface area contributed by atoms with Crippen LogP contribution in [0.2, 0.25) is 10.0 Å². The van der Waals surface area contributed by atoms with E-state index in [4.69, 9.17) is 23.2 Å². The third-order valence-corrected chi connectivity index (χ3v) is 3.81. The number of hydrogen-bond acceptors (Lipinski definition) is 0. The Labute approximate surface area is 123 Å². The molecule has 0 fully saturated rings. The molecule has 18 heavy (non-hydrogen) atoms. The van der Waals surface area contributed by atoms with Gasteiger partial charge >= 0.3 is 0 Å². The minimum absolute atomic E-state index is 0.634. The highest BCUT2D eigenvalue weighted by Gasteiger charge is 2.07. The lowest BCUT2D eigenvalue weighted by Gasteiger charge is -1.97. The summed E-state index contributed by atoms with van der Waals surface area (Å²) in [6.07, 6.45) is 0. The molecule has 4 heteroatoms. The normalized spacial score (nSPS) is 11.1. The quantitative estimate of drug-likeness (QED) is 0.567. The van der Waals surface area contributed by atoms with Crippen LogP contribution in [0.25, 0.3) is 22.2 Å². The largest absolute Gasteiger partial charge is 0.354 e. The first-order valence-corrected chi connectivity index (χ1v) is 6.92. The number of hydrogen-bond donors (Lipinski definition) is 1. The zero-order valence-corrected chi connectivity index (χ0v) is 12.3. The van der Waals surface area contributed by atoms with E-state index in [1.54, 1.807) is 6.07 Å². The van der Waals surface area contributed by atoms with Crippen molar-refractivity contribution in [3.63, 3.8) is 0 Å². The molecule has 0 aliphatic heterocycles. The molecular weight excluding hydrogens is 333 g/mol. The fraction of sp³-hybridized carbons (Fsp3) is 0. The average Bonchev–Trinajstić information content (AvgIpc) is 2.73. The molecule has 0 saturated carbocycles. The third-order valence-electron chi connectivity index (χ3n) is 2.79. The number of halogens is 3. The first-order chi connectivity index (χ1) is 8.63. The number of H-pyrrole nitrogens is 1. The van der Waals surface area contributed by atoms with E-state index >= 15 is 0 Å². The summed E-state index contributed by atoms with van der Waals surface area (Å²) in [6, 6.07) is 13.8. The van der Waals surface area contributed by atoms with Crippen molar-refractivity contribution in [2.75, 3.05) is 0 Å². The second-order valence-electron chi connectivity index (χ2n) is 4.04. The predicted molar refractivity (Wildman–Crippen MR) is 81.5 cm³/mol. The average molecular weight is 341 g/mol. The fourth-order valence-corrected chi connectivity index (χ4v) is 2.92. The number of nitrogens with one attached hydrogen (secondary N) is 1. The van der Waals surface area contributed by atoms with Crippen LogP contribution in [0.4, 0.5) is 0 Å². The Kier molecular flexibility index (Phi) is 3.10. The lowest BCUT2D eigenvalue weighted by molar-refractivity contribution is 1.45. The van der Waals surface area contributed by atoms with Gasteiger partial charge in [0.25, 0.3) is 0 Å². The van der Waals surface area contributed by atoms with Crippen molar-refractivity contribution in [1.29, 1.82) is 0 Å². The van der Waals surface area contributed by atoms with Crippen LogP contribution in [-0.2, 0) is 0 Å². The van der Waals surface area contributed by atoms with Crippen LogP contribution in [0.15, 0.2) is 46.9 Å². The Morgan fingerprint density at radius 2 is 1.83 bits per heavy atom. The van der Waals surface area contributed by atoms with E-state index in [2.05, 4.69) is 27.0 Å². The molecule has 0 amide bonds. The lowest BCUT2D eigenvalue weighted by atomic mass is 10.1. The molecule has 0 unspecified atom stereocenters. The molecule has 0 bridgehead atoms. The van der Waals surface area contributed by atoms with E-state index in [0.717, 1.165) is 26.6 Å². The van der Waals surface area contributed by atoms with Crippen molar-refractivity contribution in [2.24, 2.45) is 0 Å². The van der Waals surface area contributed by atoms with E-state index in [9.17, 15) is 0 Å². The van der Waals surface area contributed by atoms with E-state index < -0.39 is 0 Å². The Morgan fingerprint density at radius 3 is 2.61 bits per heavy atom. The van der Waals surface area contributed by atoms with Gasteiger partial charge < -0.3 is 4.98 Å². The topological polar surface area (TPSA) is 15.8 Å². The van der Waals surface area contributed by atoms with Crippen LogP contribution < -0.4 is 0 Å². The van der Waals surface area contributed by atoms with E-state index in [1.807, 2.05) is 30.3 Å². The van der Waals surface area contributed by atoms with E-state index in [1.165, 1.54) is 0 Å². The second-order valence-corrected chi connectivity index (χ2v) is 5.80. The molecule has 0 aliphatic carbocycles. The van der Waals surface area contributed by atoms with Gasteiger partial charge in [0.1, 0.15) is 0 Å². The van der Waals surface area contributed by atoms with Crippen molar-refractivity contribution in [2.45, 2.75) is 0 Å². The molecule has 1 nitrogen and oxygen atoms in total. The van der Waals surface area contributed by atoms with Crippen molar-refractivity contribution >= 4 is 50.0 Å². The first-order valence-electron chi connectivity index (χ1n) is 5.37. The van der Waals surface area contributed by atoms with Crippen LogP contribution in [-0.4, -0.2) is 4.98 Å². The molecule has 0 atom stereocenters. The van der Waals surface area contributed by atoms with Gasteiger partial charge in [0.15, 0.2) is 0 Å². The van der Waals surface area contributed by atoms with Gasteiger partial charge in [0.05, 0.1) is 5.02 Å². The van der Waals surface area contributed by atoms with Gasteiger partial charge in [-0.05, 0) is 35.9 Å². The Balaban J connectivity index is 2.22. The van der Waals surface area contributed by atoms with Gasteiger partial charge in [-0.2, -0.15) is 0 Å². The Morgan fingerprint density at radius 1 is 1.00 bits per heavy atom. The van der Waals surface area contributed by atoms with Gasteiger partial charge in [0.2, 0.25) is 0 Å². The number of rotatable bonds is 1. The first kappa shape index (κ1) is 12.1. The van der Waals surface area contributed by atoms with E-state index in [0.29, 0.717) is 10.0 Å². The van der Waals surface area contributed by atoms with Crippen LogP contribution in [0.3, 0.4) is 0 Å². The third kappa shape index (κ3) is 2.16. The van der Waals surface area contributed by atoms with Crippen LogP contribution in [0, 0.1) is 0 Å². The molecule has 1 N–H and O–H groups in total. The Hall–Kier alpha value is -0.960. The summed E-state index contributed by atoms with van der Waals surface area (Å²) in [5, 5.41) is 2.28.